The van der Waals surface area contributed by atoms with Crippen LogP contribution in [0.1, 0.15) is 34.5 Å². The minimum absolute atomic E-state index is 0.0116. The van der Waals surface area contributed by atoms with Gasteiger partial charge in [0.15, 0.2) is 5.69 Å². The van der Waals surface area contributed by atoms with Gasteiger partial charge in [-0.3, -0.25) is 14.5 Å². The topological polar surface area (TPSA) is 106 Å². The number of hydrogen-bond donors (Lipinski definition) is 1. The molecule has 3 rings (SSSR count). The highest BCUT2D eigenvalue weighted by atomic mass is 19.4. The van der Waals surface area contributed by atoms with Crippen molar-refractivity contribution in [3.8, 4) is 6.07 Å². The van der Waals surface area contributed by atoms with E-state index in [1.165, 1.54) is 19.2 Å². The van der Waals surface area contributed by atoms with Gasteiger partial charge in [-0.15, -0.1) is 0 Å². The number of carbonyl (C=O) groups excluding carboxylic acids is 3. The first kappa shape index (κ1) is 22.7. The maximum atomic E-state index is 14.4. The van der Waals surface area contributed by atoms with E-state index in [1.54, 1.807) is 0 Å². The number of anilines is 2. The summed E-state index contributed by atoms with van der Waals surface area (Å²) in [7, 11) is 1.32. The van der Waals surface area contributed by atoms with E-state index in [1.807, 2.05) is 0 Å². The van der Waals surface area contributed by atoms with Crippen LogP contribution in [0.5, 0.6) is 0 Å². The number of rotatable bonds is 3. The first-order valence-corrected chi connectivity index (χ1v) is 9.22. The largest absolute Gasteiger partial charge is 0.419 e. The minimum Gasteiger partial charge on any atom is -0.355 e. The Hall–Kier alpha value is -4.01. The molecule has 0 atom stereocenters. The van der Waals surface area contributed by atoms with Crippen molar-refractivity contribution >= 4 is 29.2 Å². The van der Waals surface area contributed by atoms with E-state index in [9.17, 15) is 31.9 Å². The molecule has 1 saturated heterocycles. The summed E-state index contributed by atoms with van der Waals surface area (Å²) in [5.74, 6) is -2.38. The molecular weight excluding hydrogens is 434 g/mol. The Bertz CT molecular complexity index is 1140. The van der Waals surface area contributed by atoms with Crippen LogP contribution in [0.25, 0.3) is 0 Å². The summed E-state index contributed by atoms with van der Waals surface area (Å²) in [5, 5.41) is 11.2. The average Bonchev–Trinajstić information content (AvgIpc) is 2.89. The zero-order valence-corrected chi connectivity index (χ0v) is 16.5. The Balaban J connectivity index is 2.04. The third-order valence-electron chi connectivity index (χ3n) is 4.72. The van der Waals surface area contributed by atoms with Crippen LogP contribution in [0.3, 0.4) is 0 Å². The molecule has 1 fully saturated rings. The third kappa shape index (κ3) is 4.22. The lowest BCUT2D eigenvalue weighted by atomic mass is 10.1. The number of benzene rings is 1. The van der Waals surface area contributed by atoms with Crippen molar-refractivity contribution in [2.75, 3.05) is 23.4 Å². The first-order valence-electron chi connectivity index (χ1n) is 9.22. The Labute approximate surface area is 179 Å². The van der Waals surface area contributed by atoms with Gasteiger partial charge in [0.1, 0.15) is 11.9 Å². The van der Waals surface area contributed by atoms with Gasteiger partial charge in [-0.05, 0) is 30.7 Å². The molecule has 4 amide bonds. The van der Waals surface area contributed by atoms with Gasteiger partial charge in [0, 0.05) is 25.7 Å². The lowest BCUT2D eigenvalue weighted by molar-refractivity contribution is -0.138. The van der Waals surface area contributed by atoms with Crippen LogP contribution >= 0.6 is 0 Å². The molecule has 166 valence electrons. The third-order valence-corrected chi connectivity index (χ3v) is 4.72. The molecule has 0 unspecified atom stereocenters. The van der Waals surface area contributed by atoms with E-state index in [4.69, 9.17) is 5.26 Å². The second-order valence-corrected chi connectivity index (χ2v) is 6.71. The molecule has 0 saturated carbocycles. The van der Waals surface area contributed by atoms with Crippen molar-refractivity contribution in [1.82, 2.24) is 10.3 Å². The van der Waals surface area contributed by atoms with Gasteiger partial charge >= 0.3 is 12.2 Å². The molecule has 1 aromatic heterocycles. The lowest BCUT2D eigenvalue weighted by Gasteiger charge is -2.27. The normalized spacial score (nSPS) is 14.8. The predicted octanol–water partition coefficient (Wildman–Crippen LogP) is 3.22. The lowest BCUT2D eigenvalue weighted by Crippen LogP contribution is -2.44. The summed E-state index contributed by atoms with van der Waals surface area (Å²) in [4.78, 5) is 42.3. The van der Waals surface area contributed by atoms with Crippen LogP contribution in [0.2, 0.25) is 0 Å². The maximum Gasteiger partial charge on any atom is 0.419 e. The number of pyridine rings is 1. The number of nitrogens with one attached hydrogen (secondary N) is 1. The Morgan fingerprint density at radius 2 is 1.94 bits per heavy atom. The maximum absolute atomic E-state index is 14.4. The fourth-order valence-corrected chi connectivity index (χ4v) is 3.19. The van der Waals surface area contributed by atoms with E-state index in [-0.39, 0.29) is 30.6 Å². The van der Waals surface area contributed by atoms with E-state index in [2.05, 4.69) is 10.3 Å². The smallest absolute Gasteiger partial charge is 0.355 e. The summed E-state index contributed by atoms with van der Waals surface area (Å²) in [6.07, 6.45) is -4.12. The number of carbonyl (C=O) groups is 3. The van der Waals surface area contributed by atoms with Crippen molar-refractivity contribution in [2.24, 2.45) is 0 Å². The van der Waals surface area contributed by atoms with E-state index >= 15 is 0 Å². The molecule has 1 N–H and O–H groups in total. The molecule has 0 spiro atoms. The van der Waals surface area contributed by atoms with Crippen LogP contribution in [-0.2, 0) is 11.0 Å². The zero-order chi connectivity index (χ0) is 23.6. The van der Waals surface area contributed by atoms with Crippen molar-refractivity contribution < 1.29 is 31.9 Å². The highest BCUT2D eigenvalue weighted by Gasteiger charge is 2.38. The molecule has 0 radical (unpaired) electrons. The monoisotopic (exact) mass is 449 g/mol. The molecule has 12 heteroatoms. The number of urea groups is 1. The van der Waals surface area contributed by atoms with Crippen molar-refractivity contribution in [3.05, 3.63) is 53.1 Å². The Kier molecular flexibility index (Phi) is 6.11. The van der Waals surface area contributed by atoms with Crippen LogP contribution in [-0.4, -0.2) is 36.4 Å². The number of alkyl halides is 3. The molecule has 0 aliphatic carbocycles. The molecule has 1 aromatic carbocycles. The first-order chi connectivity index (χ1) is 15.1. The molecule has 1 aliphatic rings. The van der Waals surface area contributed by atoms with Crippen molar-refractivity contribution in [3.63, 3.8) is 0 Å². The molecule has 8 nitrogen and oxygen atoms in total. The van der Waals surface area contributed by atoms with Crippen molar-refractivity contribution in [2.45, 2.75) is 19.0 Å². The summed E-state index contributed by atoms with van der Waals surface area (Å²) >= 11 is 0. The van der Waals surface area contributed by atoms with Gasteiger partial charge in [0.25, 0.3) is 5.91 Å². The number of amides is 4. The molecule has 2 aromatic rings. The fourth-order valence-electron chi connectivity index (χ4n) is 3.19. The number of nitriles is 1. The standard InChI is InChI=1S/C20H15F4N5O3/c1-26-18(31)13-5-4-11(8-15(13)21)28-6-2-3-17(30)29(19(28)32)12-7-14(20(22,23)24)16(9-25)27-10-12/h4-5,7-8,10H,2-3,6H2,1H3,(H,26,31). The fraction of sp³-hybridized carbons (Fsp3) is 0.250. The summed E-state index contributed by atoms with van der Waals surface area (Å²) in [5.41, 5.74) is -3.02. The van der Waals surface area contributed by atoms with Gasteiger partial charge < -0.3 is 5.32 Å². The van der Waals surface area contributed by atoms with Gasteiger partial charge in [0.2, 0.25) is 5.91 Å². The van der Waals surface area contributed by atoms with Crippen LogP contribution in [0.4, 0.5) is 33.7 Å². The number of imide groups is 1. The highest BCUT2D eigenvalue weighted by Crippen LogP contribution is 2.34. The number of aromatic nitrogens is 1. The van der Waals surface area contributed by atoms with Crippen LogP contribution in [0.15, 0.2) is 30.5 Å². The van der Waals surface area contributed by atoms with Crippen molar-refractivity contribution in [1.29, 1.82) is 5.26 Å². The summed E-state index contributed by atoms with van der Waals surface area (Å²) in [6, 6.07) is 4.17. The number of hydrogen-bond acceptors (Lipinski definition) is 5. The van der Waals surface area contributed by atoms with E-state index < -0.39 is 46.8 Å². The second kappa shape index (κ2) is 8.62. The van der Waals surface area contributed by atoms with E-state index in [0.29, 0.717) is 11.0 Å². The summed E-state index contributed by atoms with van der Waals surface area (Å²) in [6.45, 7) is -0.0182. The predicted molar refractivity (Wildman–Crippen MR) is 103 cm³/mol. The highest BCUT2D eigenvalue weighted by molar-refractivity contribution is 6.20. The molecule has 1 aliphatic heterocycles. The van der Waals surface area contributed by atoms with Crippen LogP contribution < -0.4 is 15.1 Å². The van der Waals surface area contributed by atoms with Gasteiger partial charge in [-0.2, -0.15) is 18.4 Å². The average molecular weight is 449 g/mol. The SMILES string of the molecule is CNC(=O)c1ccc(N2CCCC(=O)N(c3cnc(C#N)c(C(F)(F)F)c3)C2=O)cc1F. The van der Waals surface area contributed by atoms with Gasteiger partial charge in [-0.1, -0.05) is 0 Å². The minimum atomic E-state index is -4.94. The summed E-state index contributed by atoms with van der Waals surface area (Å²) < 4.78 is 54.3. The molecule has 0 bridgehead atoms. The quantitative estimate of drug-likeness (QED) is 0.725. The molecule has 2 heterocycles. The Morgan fingerprint density at radius 1 is 1.22 bits per heavy atom. The molecule has 32 heavy (non-hydrogen) atoms. The zero-order valence-electron chi connectivity index (χ0n) is 16.5. The van der Waals surface area contributed by atoms with Crippen LogP contribution in [0, 0.1) is 17.1 Å². The van der Waals surface area contributed by atoms with Gasteiger partial charge in [0.05, 0.1) is 23.0 Å². The van der Waals surface area contributed by atoms with Gasteiger partial charge in [-0.25, -0.2) is 19.1 Å². The molecular formula is C20H15F4N5O3. The number of halogens is 4. The van der Waals surface area contributed by atoms with E-state index in [0.717, 1.165) is 23.2 Å². The Morgan fingerprint density at radius 3 is 2.53 bits per heavy atom. The number of nitrogens with zero attached hydrogens (tertiary/aromatic N) is 4. The second-order valence-electron chi connectivity index (χ2n) is 6.71.